The van der Waals surface area contributed by atoms with E-state index in [1.54, 1.807) is 0 Å². The molecule has 0 bridgehead atoms. The van der Waals surface area contributed by atoms with Gasteiger partial charge in [0.05, 0.1) is 0 Å². The quantitative estimate of drug-likeness (QED) is 0.632. The van der Waals surface area contributed by atoms with Gasteiger partial charge in [-0.1, -0.05) is 74.0 Å². The summed E-state index contributed by atoms with van der Waals surface area (Å²) in [6.45, 7) is 20.6. The van der Waals surface area contributed by atoms with Gasteiger partial charge < -0.3 is 5.73 Å². The Kier molecular flexibility index (Phi) is 4.02. The minimum Gasteiger partial charge on any atom is -0.402 e. The van der Waals surface area contributed by atoms with Gasteiger partial charge >= 0.3 is 0 Å². The first kappa shape index (κ1) is 16.3. The van der Waals surface area contributed by atoms with Gasteiger partial charge in [0.2, 0.25) is 0 Å². The maximum atomic E-state index is 6.54. The van der Waals surface area contributed by atoms with E-state index in [9.17, 15) is 0 Å². The molecule has 1 heteroatoms. The second kappa shape index (κ2) is 4.68. The third kappa shape index (κ3) is 3.64. The molecule has 110 valence electrons. The molecular weight excluding hydrogens is 230 g/mol. The van der Waals surface area contributed by atoms with E-state index in [-0.39, 0.29) is 16.2 Å². The fraction of sp³-hybridized carbons (Fsp3) is 0.778. The monoisotopic (exact) mass is 263 g/mol. The molecule has 1 aliphatic carbocycles. The van der Waals surface area contributed by atoms with E-state index in [1.807, 2.05) is 0 Å². The summed E-state index contributed by atoms with van der Waals surface area (Å²) in [5, 5.41) is 0. The lowest BCUT2D eigenvalue weighted by molar-refractivity contribution is 0.253. The lowest BCUT2D eigenvalue weighted by Crippen LogP contribution is -2.34. The smallest absolute Gasteiger partial charge is 0.0158 e. The zero-order valence-electron chi connectivity index (χ0n) is 14.4. The van der Waals surface area contributed by atoms with Crippen molar-refractivity contribution in [3.8, 4) is 0 Å². The molecule has 1 aliphatic rings. The summed E-state index contributed by atoms with van der Waals surface area (Å²) in [7, 11) is 0. The molecule has 0 aromatic rings. The lowest BCUT2D eigenvalue weighted by atomic mass is 9.65. The van der Waals surface area contributed by atoms with Gasteiger partial charge in [0.1, 0.15) is 0 Å². The highest BCUT2D eigenvalue weighted by Gasteiger charge is 2.36. The van der Waals surface area contributed by atoms with Gasteiger partial charge in [-0.05, 0) is 28.2 Å². The van der Waals surface area contributed by atoms with Crippen LogP contribution in [0.3, 0.4) is 0 Å². The van der Waals surface area contributed by atoms with Crippen LogP contribution in [-0.4, -0.2) is 0 Å². The maximum Gasteiger partial charge on any atom is 0.0158 e. The Hall–Kier alpha value is -0.720. The third-order valence-corrected chi connectivity index (χ3v) is 4.25. The summed E-state index contributed by atoms with van der Waals surface area (Å²) in [6, 6.07) is 0. The fourth-order valence-corrected chi connectivity index (χ4v) is 2.78. The van der Waals surface area contributed by atoms with E-state index in [1.165, 1.54) is 11.1 Å². The molecule has 0 saturated heterocycles. The maximum absolute atomic E-state index is 6.54. The number of hydrogen-bond acceptors (Lipinski definition) is 1. The van der Waals surface area contributed by atoms with Gasteiger partial charge in [-0.15, -0.1) is 0 Å². The third-order valence-electron chi connectivity index (χ3n) is 4.25. The molecular formula is C18H33N. The molecule has 0 radical (unpaired) electrons. The SMILES string of the molecule is CC(C)(C)C1=CC(C(C)(C)C)=C(N)C(C(C)(C)C)C1. The Balaban J connectivity index is 3.40. The molecule has 1 atom stereocenters. The predicted molar refractivity (Wildman–Crippen MR) is 85.8 cm³/mol. The second-order valence-electron chi connectivity index (χ2n) is 9.16. The van der Waals surface area contributed by atoms with Crippen molar-refractivity contribution in [3.63, 3.8) is 0 Å². The largest absolute Gasteiger partial charge is 0.402 e. The Labute approximate surface area is 120 Å². The molecule has 2 N–H and O–H groups in total. The van der Waals surface area contributed by atoms with Crippen LogP contribution in [0.15, 0.2) is 22.9 Å². The van der Waals surface area contributed by atoms with Crippen LogP contribution in [0.25, 0.3) is 0 Å². The Bertz CT molecular complexity index is 402. The van der Waals surface area contributed by atoms with E-state index >= 15 is 0 Å². The molecule has 1 rings (SSSR count). The van der Waals surface area contributed by atoms with Crippen LogP contribution in [0.1, 0.15) is 68.7 Å². The van der Waals surface area contributed by atoms with Crippen LogP contribution in [0.5, 0.6) is 0 Å². The first-order valence-electron chi connectivity index (χ1n) is 7.46. The summed E-state index contributed by atoms with van der Waals surface area (Å²) in [5.41, 5.74) is 11.1. The van der Waals surface area contributed by atoms with E-state index < -0.39 is 0 Å². The first-order chi connectivity index (χ1) is 8.24. The lowest BCUT2D eigenvalue weighted by Gasteiger charge is -2.41. The summed E-state index contributed by atoms with van der Waals surface area (Å²) in [6.07, 6.45) is 3.47. The van der Waals surface area contributed by atoms with Gasteiger partial charge in [0.15, 0.2) is 0 Å². The second-order valence-corrected chi connectivity index (χ2v) is 9.16. The molecule has 1 unspecified atom stereocenters. The summed E-state index contributed by atoms with van der Waals surface area (Å²) < 4.78 is 0. The normalized spacial score (nSPS) is 22.6. The zero-order chi connectivity index (χ0) is 15.2. The topological polar surface area (TPSA) is 26.0 Å². The highest BCUT2D eigenvalue weighted by atomic mass is 14.6. The van der Waals surface area contributed by atoms with Crippen LogP contribution < -0.4 is 5.73 Å². The van der Waals surface area contributed by atoms with Crippen molar-refractivity contribution >= 4 is 0 Å². The molecule has 19 heavy (non-hydrogen) atoms. The highest BCUT2D eigenvalue weighted by molar-refractivity contribution is 5.40. The van der Waals surface area contributed by atoms with Gasteiger partial charge in [-0.3, -0.25) is 0 Å². The molecule has 0 fully saturated rings. The van der Waals surface area contributed by atoms with Crippen LogP contribution in [-0.2, 0) is 0 Å². The van der Waals surface area contributed by atoms with E-state index in [2.05, 4.69) is 68.4 Å². The van der Waals surface area contributed by atoms with Crippen molar-refractivity contribution in [1.29, 1.82) is 0 Å². The molecule has 0 aromatic heterocycles. The van der Waals surface area contributed by atoms with Crippen molar-refractivity contribution in [1.82, 2.24) is 0 Å². The summed E-state index contributed by atoms with van der Waals surface area (Å²) in [4.78, 5) is 0. The van der Waals surface area contributed by atoms with Crippen LogP contribution in [0.2, 0.25) is 0 Å². The summed E-state index contributed by atoms with van der Waals surface area (Å²) in [5.74, 6) is 0.445. The van der Waals surface area contributed by atoms with Gasteiger partial charge in [-0.2, -0.15) is 0 Å². The summed E-state index contributed by atoms with van der Waals surface area (Å²) >= 11 is 0. The standard InChI is InChI=1S/C18H33N/c1-16(2,3)12-10-13(17(4,5)6)15(19)14(11-12)18(7,8)9/h10,14H,11,19H2,1-9H3. The van der Waals surface area contributed by atoms with Crippen molar-refractivity contribution in [2.75, 3.05) is 0 Å². The number of rotatable bonds is 0. The Morgan fingerprint density at radius 3 is 1.68 bits per heavy atom. The molecule has 0 aromatic carbocycles. The van der Waals surface area contributed by atoms with Crippen molar-refractivity contribution < 1.29 is 0 Å². The molecule has 0 amide bonds. The minimum atomic E-state index is 0.116. The van der Waals surface area contributed by atoms with Gasteiger partial charge in [0, 0.05) is 11.6 Å². The van der Waals surface area contributed by atoms with Gasteiger partial charge in [-0.25, -0.2) is 0 Å². The fourth-order valence-electron chi connectivity index (χ4n) is 2.78. The predicted octanol–water partition coefficient (Wildman–Crippen LogP) is 5.28. The molecule has 1 nitrogen and oxygen atoms in total. The van der Waals surface area contributed by atoms with E-state index in [0.29, 0.717) is 5.92 Å². The minimum absolute atomic E-state index is 0.116. The number of allylic oxidation sites excluding steroid dienone is 4. The number of hydrogen-bond donors (Lipinski definition) is 1. The number of nitrogens with two attached hydrogens (primary N) is 1. The molecule has 0 saturated carbocycles. The molecule has 0 spiro atoms. The molecule has 0 heterocycles. The Morgan fingerprint density at radius 1 is 0.895 bits per heavy atom. The highest BCUT2D eigenvalue weighted by Crippen LogP contribution is 2.47. The average Bonchev–Trinajstić information content (AvgIpc) is 2.11. The van der Waals surface area contributed by atoms with Crippen molar-refractivity contribution in [2.24, 2.45) is 27.9 Å². The van der Waals surface area contributed by atoms with Crippen molar-refractivity contribution in [2.45, 2.75) is 68.7 Å². The van der Waals surface area contributed by atoms with Crippen molar-refractivity contribution in [3.05, 3.63) is 22.9 Å². The first-order valence-corrected chi connectivity index (χ1v) is 7.46. The van der Waals surface area contributed by atoms with Crippen LogP contribution in [0.4, 0.5) is 0 Å². The average molecular weight is 263 g/mol. The van der Waals surface area contributed by atoms with E-state index in [4.69, 9.17) is 5.73 Å². The van der Waals surface area contributed by atoms with Gasteiger partial charge in [0.25, 0.3) is 0 Å². The van der Waals surface area contributed by atoms with Crippen LogP contribution in [0, 0.1) is 22.2 Å². The van der Waals surface area contributed by atoms with E-state index in [0.717, 1.165) is 12.1 Å². The van der Waals surface area contributed by atoms with Crippen LogP contribution >= 0.6 is 0 Å². The molecule has 0 aliphatic heterocycles. The Morgan fingerprint density at radius 2 is 1.37 bits per heavy atom. The zero-order valence-corrected chi connectivity index (χ0v) is 14.4.